The van der Waals surface area contributed by atoms with E-state index in [0.29, 0.717) is 16.8 Å². The first-order valence-corrected chi connectivity index (χ1v) is 9.72. The molecule has 0 atom stereocenters. The molecule has 5 nitrogen and oxygen atoms in total. The summed E-state index contributed by atoms with van der Waals surface area (Å²) in [6.07, 6.45) is 0. The summed E-state index contributed by atoms with van der Waals surface area (Å²) in [5.74, 6) is -0.448. The molecule has 0 aliphatic rings. The van der Waals surface area contributed by atoms with Gasteiger partial charge in [0, 0.05) is 39.9 Å². The third kappa shape index (κ3) is 3.41. The van der Waals surface area contributed by atoms with E-state index in [9.17, 15) is 9.59 Å². The third-order valence-corrected chi connectivity index (χ3v) is 5.39. The Morgan fingerprint density at radius 3 is 2.13 bits per heavy atom. The van der Waals surface area contributed by atoms with Gasteiger partial charge in [0.1, 0.15) is 0 Å². The predicted molar refractivity (Wildman–Crippen MR) is 122 cm³/mol. The van der Waals surface area contributed by atoms with Crippen molar-refractivity contribution in [1.29, 1.82) is 0 Å². The van der Waals surface area contributed by atoms with Crippen LogP contribution in [0.5, 0.6) is 0 Å². The molecule has 0 bridgehead atoms. The molecule has 0 radical (unpaired) electrons. The van der Waals surface area contributed by atoms with E-state index in [-0.39, 0.29) is 5.78 Å². The van der Waals surface area contributed by atoms with E-state index in [1.807, 2.05) is 75.6 Å². The Bertz CT molecular complexity index is 1350. The minimum absolute atomic E-state index is 0.00996. The van der Waals surface area contributed by atoms with Crippen LogP contribution >= 0.6 is 0 Å². The van der Waals surface area contributed by atoms with Gasteiger partial charge in [-0.2, -0.15) is 0 Å². The van der Waals surface area contributed by atoms with Gasteiger partial charge in [0.15, 0.2) is 5.78 Å². The molecule has 4 aromatic rings. The fourth-order valence-electron chi connectivity index (χ4n) is 3.75. The fourth-order valence-corrected chi connectivity index (χ4v) is 3.75. The van der Waals surface area contributed by atoms with E-state index >= 15 is 0 Å². The lowest BCUT2D eigenvalue weighted by molar-refractivity contribution is -0.140. The van der Waals surface area contributed by atoms with Crippen molar-refractivity contribution in [3.05, 3.63) is 82.9 Å². The number of carbonyl (C=O) groups excluding carboxylic acids is 2. The molecule has 30 heavy (non-hydrogen) atoms. The second-order valence-corrected chi connectivity index (χ2v) is 7.43. The van der Waals surface area contributed by atoms with E-state index in [1.165, 1.54) is 6.92 Å². The Morgan fingerprint density at radius 1 is 0.900 bits per heavy atom. The van der Waals surface area contributed by atoms with E-state index in [0.717, 1.165) is 32.9 Å². The molecule has 0 aliphatic carbocycles. The lowest BCUT2D eigenvalue weighted by atomic mass is 9.97. The van der Waals surface area contributed by atoms with E-state index < -0.39 is 5.97 Å². The van der Waals surface area contributed by atoms with Gasteiger partial charge >= 0.3 is 5.97 Å². The van der Waals surface area contributed by atoms with Crippen molar-refractivity contribution in [2.75, 3.05) is 0 Å². The predicted octanol–water partition coefficient (Wildman–Crippen LogP) is 4.02. The minimum Gasteiger partial charge on any atom is -0.393 e. The maximum atomic E-state index is 13.1. The van der Waals surface area contributed by atoms with Crippen molar-refractivity contribution in [2.45, 2.75) is 20.8 Å². The molecule has 0 fully saturated rings. The maximum absolute atomic E-state index is 13.1. The number of aryl methyl sites for hydroxylation is 1. The Kier molecular flexibility index (Phi) is 5.00. The number of hydrogen-bond donors (Lipinski definition) is 0. The summed E-state index contributed by atoms with van der Waals surface area (Å²) >= 11 is 0. The number of aromatic nitrogens is 1. The highest BCUT2D eigenvalue weighted by Crippen LogP contribution is 2.30. The quantitative estimate of drug-likeness (QED) is 0.172. The smallest absolute Gasteiger partial charge is 0.331 e. The molecule has 4 rings (SSSR count). The molecule has 1 heterocycles. The number of ketones is 1. The Hall–Kier alpha value is -3.67. The number of carbonyl (C=O) groups is 2. The summed E-state index contributed by atoms with van der Waals surface area (Å²) in [4.78, 5) is 28.9. The molecule has 1 aromatic heterocycles. The summed E-state index contributed by atoms with van der Waals surface area (Å²) in [7, 11) is 2.01. The molecule has 0 spiro atoms. The first-order chi connectivity index (χ1) is 14.4. The van der Waals surface area contributed by atoms with Crippen LogP contribution in [-0.2, 0) is 9.63 Å². The highest BCUT2D eigenvalue weighted by atomic mass is 16.7. The highest BCUT2D eigenvalue weighted by molar-refractivity contribution is 6.23. The van der Waals surface area contributed by atoms with Gasteiger partial charge in [-0.1, -0.05) is 35.5 Å². The second kappa shape index (κ2) is 7.63. The summed E-state index contributed by atoms with van der Waals surface area (Å²) in [6.45, 7) is 5.06. The van der Waals surface area contributed by atoms with Gasteiger partial charge < -0.3 is 9.32 Å². The first kappa shape index (κ1) is 19.6. The lowest BCUT2D eigenvalue weighted by Crippen LogP contribution is -2.03. The van der Waals surface area contributed by atoms with Gasteiger partial charge in [-0.15, -0.1) is 0 Å². The van der Waals surface area contributed by atoms with Crippen LogP contribution in [0.25, 0.3) is 21.8 Å². The Balaban J connectivity index is 1.86. The van der Waals surface area contributed by atoms with Crippen molar-refractivity contribution < 1.29 is 14.4 Å². The van der Waals surface area contributed by atoms with Crippen molar-refractivity contribution in [1.82, 2.24) is 4.48 Å². The average Bonchev–Trinajstić information content (AvgIpc) is 3.03. The molecular weight excluding hydrogens is 375 g/mol. The fraction of sp³-hybridized carbons (Fsp3) is 0.125. The zero-order valence-electron chi connectivity index (χ0n) is 17.4. The molecule has 0 N–H and O–H groups in total. The maximum Gasteiger partial charge on any atom is 0.331 e. The zero-order valence-corrected chi connectivity index (χ0v) is 17.4. The Labute approximate surface area is 175 Å². The van der Waals surface area contributed by atoms with Crippen LogP contribution in [0.1, 0.15) is 40.9 Å². The largest absolute Gasteiger partial charge is 0.393 e. The molecule has 0 saturated heterocycles. The zero-order chi connectivity index (χ0) is 21.4. The summed E-state index contributed by atoms with van der Waals surface area (Å²) < 4.78 is 2.11. The van der Waals surface area contributed by atoms with Crippen molar-refractivity contribution >= 4 is 47.3 Å². The standard InChI is InChI=1S/C24H21BN2O3/c1-14-6-4-5-7-19(14)24(29)18-9-11-23-21(13-18)20-12-17(8-10-22(20)27(23)25)15(2)26-30-16(3)28/h4-13H,25H2,1-3H3/b26-15+. The number of hydrogen-bond acceptors (Lipinski definition) is 4. The van der Waals surface area contributed by atoms with E-state index in [2.05, 4.69) is 9.63 Å². The minimum atomic E-state index is -0.458. The van der Waals surface area contributed by atoms with Gasteiger partial charge in [-0.25, -0.2) is 4.79 Å². The molecule has 0 saturated carbocycles. The number of fused-ring (bicyclic) bond motifs is 3. The van der Waals surface area contributed by atoms with Crippen LogP contribution in [0.3, 0.4) is 0 Å². The van der Waals surface area contributed by atoms with Gasteiger partial charge in [-0.3, -0.25) is 4.79 Å². The molecule has 6 heteroatoms. The molecule has 0 amide bonds. The van der Waals surface area contributed by atoms with Crippen LogP contribution in [0.2, 0.25) is 0 Å². The third-order valence-electron chi connectivity index (χ3n) is 5.39. The van der Waals surface area contributed by atoms with E-state index in [4.69, 9.17) is 4.84 Å². The van der Waals surface area contributed by atoms with Crippen LogP contribution in [0.4, 0.5) is 0 Å². The summed E-state index contributed by atoms with van der Waals surface area (Å²) in [5.41, 5.74) is 5.87. The number of benzene rings is 3. The molecule has 0 unspecified atom stereocenters. The van der Waals surface area contributed by atoms with Crippen molar-refractivity contribution in [2.24, 2.45) is 5.16 Å². The van der Waals surface area contributed by atoms with Crippen LogP contribution in [-0.4, -0.2) is 29.9 Å². The Morgan fingerprint density at radius 2 is 1.50 bits per heavy atom. The van der Waals surface area contributed by atoms with Gasteiger partial charge in [0.25, 0.3) is 0 Å². The van der Waals surface area contributed by atoms with Crippen LogP contribution < -0.4 is 0 Å². The number of oxime groups is 1. The van der Waals surface area contributed by atoms with Crippen LogP contribution in [0.15, 0.2) is 65.8 Å². The van der Waals surface area contributed by atoms with Crippen LogP contribution in [0, 0.1) is 6.92 Å². The summed E-state index contributed by atoms with van der Waals surface area (Å²) in [5, 5.41) is 5.90. The van der Waals surface area contributed by atoms with Crippen molar-refractivity contribution in [3.63, 3.8) is 0 Å². The first-order valence-electron chi connectivity index (χ1n) is 9.72. The highest BCUT2D eigenvalue weighted by Gasteiger charge is 2.15. The number of nitrogens with zero attached hydrogens (tertiary/aromatic N) is 2. The summed E-state index contributed by atoms with van der Waals surface area (Å²) in [6, 6.07) is 19.4. The SMILES string of the molecule is Bn1c2ccc(C(=O)c3ccccc3C)cc2c2cc(/C(C)=N/OC(C)=O)ccc21. The van der Waals surface area contributed by atoms with Gasteiger partial charge in [0.2, 0.25) is 7.98 Å². The van der Waals surface area contributed by atoms with Gasteiger partial charge in [0.05, 0.1) is 5.71 Å². The number of rotatable bonds is 4. The second-order valence-electron chi connectivity index (χ2n) is 7.43. The molecule has 148 valence electrons. The molecular formula is C24H21BN2O3. The monoisotopic (exact) mass is 396 g/mol. The van der Waals surface area contributed by atoms with Crippen molar-refractivity contribution in [3.8, 4) is 0 Å². The average molecular weight is 396 g/mol. The topological polar surface area (TPSA) is 60.7 Å². The molecule has 3 aromatic carbocycles. The normalized spacial score (nSPS) is 11.8. The molecule has 0 aliphatic heterocycles. The van der Waals surface area contributed by atoms with Gasteiger partial charge in [-0.05, 0) is 55.3 Å². The lowest BCUT2D eigenvalue weighted by Gasteiger charge is -2.05. The van der Waals surface area contributed by atoms with E-state index in [1.54, 1.807) is 6.92 Å².